The quantitative estimate of drug-likeness (QED) is 0.778. The highest BCUT2D eigenvalue weighted by molar-refractivity contribution is 7.15. The number of likely N-dealkylation sites (tertiary alicyclic amines) is 1. The van der Waals surface area contributed by atoms with Crippen LogP contribution in [-0.4, -0.2) is 28.0 Å². The second-order valence-corrected chi connectivity index (χ2v) is 6.78. The van der Waals surface area contributed by atoms with E-state index in [0.29, 0.717) is 0 Å². The highest BCUT2D eigenvalue weighted by Crippen LogP contribution is 2.31. The Kier molecular flexibility index (Phi) is 3.16. The fourth-order valence-electron chi connectivity index (χ4n) is 2.94. The van der Waals surface area contributed by atoms with E-state index in [-0.39, 0.29) is 0 Å². The van der Waals surface area contributed by atoms with Crippen molar-refractivity contribution in [3.8, 4) is 10.4 Å². The third-order valence-corrected chi connectivity index (χ3v) is 5.21. The van der Waals surface area contributed by atoms with Crippen molar-refractivity contribution >= 4 is 28.1 Å². The number of nitrogens with one attached hydrogen (secondary N) is 1. The predicted molar refractivity (Wildman–Crippen MR) is 88.3 cm³/mol. The van der Waals surface area contributed by atoms with E-state index < -0.39 is 0 Å². The zero-order valence-electron chi connectivity index (χ0n) is 11.8. The number of pyridine rings is 1. The average Bonchev–Trinajstić information content (AvgIpc) is 3.22. The normalized spacial score (nSPS) is 16.0. The molecule has 1 fully saturated rings. The molecular weight excluding hydrogens is 280 g/mol. The van der Waals surface area contributed by atoms with E-state index in [1.807, 2.05) is 17.5 Å². The van der Waals surface area contributed by atoms with E-state index in [1.165, 1.54) is 35.7 Å². The smallest absolute Gasteiger partial charge is 0.139 e. The van der Waals surface area contributed by atoms with E-state index in [0.717, 1.165) is 28.8 Å². The van der Waals surface area contributed by atoms with Gasteiger partial charge in [-0.2, -0.15) is 0 Å². The molecule has 4 rings (SSSR count). The van der Waals surface area contributed by atoms with Crippen LogP contribution in [0.25, 0.3) is 21.5 Å². The Morgan fingerprint density at radius 1 is 1.29 bits per heavy atom. The molecule has 0 atom stereocenters. The molecule has 0 bridgehead atoms. The molecular formula is C16H18N4S. The number of aromatic nitrogens is 2. The lowest BCUT2D eigenvalue weighted by molar-refractivity contribution is 0.334. The van der Waals surface area contributed by atoms with Crippen LogP contribution in [0.15, 0.2) is 30.6 Å². The van der Waals surface area contributed by atoms with Gasteiger partial charge in [0.25, 0.3) is 0 Å². The number of rotatable bonds is 3. The van der Waals surface area contributed by atoms with Gasteiger partial charge in [-0.05, 0) is 44.1 Å². The van der Waals surface area contributed by atoms with E-state index in [4.69, 9.17) is 5.73 Å². The van der Waals surface area contributed by atoms with Gasteiger partial charge in [-0.25, -0.2) is 4.98 Å². The minimum Gasteiger partial charge on any atom is -0.397 e. The minimum absolute atomic E-state index is 0.758. The zero-order valence-corrected chi connectivity index (χ0v) is 12.6. The fraction of sp³-hybridized carbons (Fsp3) is 0.312. The molecule has 108 valence electrons. The number of thiophene rings is 1. The maximum absolute atomic E-state index is 5.96. The van der Waals surface area contributed by atoms with Crippen molar-refractivity contribution in [3.05, 3.63) is 35.5 Å². The summed E-state index contributed by atoms with van der Waals surface area (Å²) in [5.41, 5.74) is 8.72. The van der Waals surface area contributed by atoms with Gasteiger partial charge in [-0.1, -0.05) is 0 Å². The summed E-state index contributed by atoms with van der Waals surface area (Å²) in [6.45, 7) is 3.55. The Bertz CT molecular complexity index is 768. The SMILES string of the molecule is Nc1c[nH]c2ncc(-c3ccc(CN4CCCC4)s3)cc12. The molecule has 0 unspecified atom stereocenters. The number of anilines is 1. The summed E-state index contributed by atoms with van der Waals surface area (Å²) in [5.74, 6) is 0. The van der Waals surface area contributed by atoms with Crippen LogP contribution in [0.5, 0.6) is 0 Å². The van der Waals surface area contributed by atoms with Crippen molar-refractivity contribution in [2.45, 2.75) is 19.4 Å². The first-order chi connectivity index (χ1) is 10.3. The van der Waals surface area contributed by atoms with E-state index in [9.17, 15) is 0 Å². The topological polar surface area (TPSA) is 57.9 Å². The molecule has 4 heterocycles. The van der Waals surface area contributed by atoms with E-state index >= 15 is 0 Å². The van der Waals surface area contributed by atoms with Gasteiger partial charge in [-0.15, -0.1) is 11.3 Å². The van der Waals surface area contributed by atoms with Crippen LogP contribution < -0.4 is 5.73 Å². The molecule has 3 aromatic rings. The summed E-state index contributed by atoms with van der Waals surface area (Å²) in [6.07, 6.45) is 6.40. The van der Waals surface area contributed by atoms with Crippen LogP contribution in [0.4, 0.5) is 5.69 Å². The first kappa shape index (κ1) is 12.9. The van der Waals surface area contributed by atoms with Gasteiger partial charge in [0, 0.05) is 39.6 Å². The second kappa shape index (κ2) is 5.16. The number of H-pyrrole nitrogens is 1. The molecule has 1 aliphatic rings. The van der Waals surface area contributed by atoms with Gasteiger partial charge in [0.05, 0.1) is 5.69 Å². The molecule has 3 N–H and O–H groups in total. The van der Waals surface area contributed by atoms with Gasteiger partial charge >= 0.3 is 0 Å². The summed E-state index contributed by atoms with van der Waals surface area (Å²) in [7, 11) is 0. The first-order valence-corrected chi connectivity index (χ1v) is 8.15. The van der Waals surface area contributed by atoms with Gasteiger partial charge < -0.3 is 10.7 Å². The number of hydrogen-bond donors (Lipinski definition) is 2. The Balaban J connectivity index is 1.62. The summed E-state index contributed by atoms with van der Waals surface area (Å²) in [4.78, 5) is 12.7. The fourth-order valence-corrected chi connectivity index (χ4v) is 3.97. The summed E-state index contributed by atoms with van der Waals surface area (Å²) < 4.78 is 0. The lowest BCUT2D eigenvalue weighted by Gasteiger charge is -2.12. The molecule has 0 aliphatic carbocycles. The van der Waals surface area contributed by atoms with Crippen molar-refractivity contribution in [1.82, 2.24) is 14.9 Å². The monoisotopic (exact) mass is 298 g/mol. The van der Waals surface area contributed by atoms with Crippen molar-refractivity contribution in [2.24, 2.45) is 0 Å². The van der Waals surface area contributed by atoms with Gasteiger partial charge in [-0.3, -0.25) is 4.90 Å². The van der Waals surface area contributed by atoms with Gasteiger partial charge in [0.1, 0.15) is 5.65 Å². The summed E-state index contributed by atoms with van der Waals surface area (Å²) in [5, 5.41) is 1.00. The molecule has 4 nitrogen and oxygen atoms in total. The van der Waals surface area contributed by atoms with E-state index in [1.54, 1.807) is 6.20 Å². The number of nitrogen functional groups attached to an aromatic ring is 1. The highest BCUT2D eigenvalue weighted by atomic mass is 32.1. The Morgan fingerprint density at radius 2 is 2.14 bits per heavy atom. The molecule has 1 saturated heterocycles. The third kappa shape index (κ3) is 2.43. The molecule has 0 spiro atoms. The number of aromatic amines is 1. The summed E-state index contributed by atoms with van der Waals surface area (Å²) in [6, 6.07) is 6.56. The number of fused-ring (bicyclic) bond motifs is 1. The first-order valence-electron chi connectivity index (χ1n) is 7.34. The van der Waals surface area contributed by atoms with Crippen LogP contribution in [0.3, 0.4) is 0 Å². The van der Waals surface area contributed by atoms with Crippen molar-refractivity contribution < 1.29 is 0 Å². The van der Waals surface area contributed by atoms with Crippen LogP contribution in [0.1, 0.15) is 17.7 Å². The van der Waals surface area contributed by atoms with Crippen LogP contribution in [0.2, 0.25) is 0 Å². The standard InChI is InChI=1S/C16H18N4S/c17-14-9-19-16-13(14)7-11(8-18-16)15-4-3-12(21-15)10-20-5-1-2-6-20/h3-4,7-9H,1-2,5-6,10,17H2,(H,18,19). The minimum atomic E-state index is 0.758. The maximum Gasteiger partial charge on any atom is 0.139 e. The largest absolute Gasteiger partial charge is 0.397 e. The Hall–Kier alpha value is -1.85. The van der Waals surface area contributed by atoms with Crippen molar-refractivity contribution in [1.29, 1.82) is 0 Å². The van der Waals surface area contributed by atoms with Crippen LogP contribution >= 0.6 is 11.3 Å². The lowest BCUT2D eigenvalue weighted by Crippen LogP contribution is -2.17. The third-order valence-electron chi connectivity index (χ3n) is 4.09. The molecule has 5 heteroatoms. The molecule has 0 saturated carbocycles. The number of nitrogens with two attached hydrogens (primary N) is 1. The molecule has 1 aliphatic heterocycles. The molecule has 21 heavy (non-hydrogen) atoms. The molecule has 0 amide bonds. The molecule has 3 aromatic heterocycles. The number of hydrogen-bond acceptors (Lipinski definition) is 4. The highest BCUT2D eigenvalue weighted by Gasteiger charge is 2.13. The molecule has 0 aromatic carbocycles. The van der Waals surface area contributed by atoms with Crippen molar-refractivity contribution in [3.63, 3.8) is 0 Å². The summed E-state index contributed by atoms with van der Waals surface area (Å²) >= 11 is 1.86. The predicted octanol–water partition coefficient (Wildman–Crippen LogP) is 3.47. The Morgan fingerprint density at radius 3 is 3.00 bits per heavy atom. The van der Waals surface area contributed by atoms with Gasteiger partial charge in [0.2, 0.25) is 0 Å². The maximum atomic E-state index is 5.96. The number of nitrogens with zero attached hydrogens (tertiary/aromatic N) is 2. The zero-order chi connectivity index (χ0) is 14.2. The molecule has 0 radical (unpaired) electrons. The Labute approximate surface area is 127 Å². The van der Waals surface area contributed by atoms with Crippen LogP contribution in [0, 0.1) is 0 Å². The second-order valence-electron chi connectivity index (χ2n) is 5.61. The lowest BCUT2D eigenvalue weighted by atomic mass is 10.2. The van der Waals surface area contributed by atoms with Gasteiger partial charge in [0.15, 0.2) is 0 Å². The van der Waals surface area contributed by atoms with Crippen LogP contribution in [-0.2, 0) is 6.54 Å². The van der Waals surface area contributed by atoms with Crippen molar-refractivity contribution in [2.75, 3.05) is 18.8 Å². The van der Waals surface area contributed by atoms with E-state index in [2.05, 4.69) is 33.1 Å². The average molecular weight is 298 g/mol.